The third-order valence-corrected chi connectivity index (χ3v) is 7.45. The van der Waals surface area contributed by atoms with Crippen molar-refractivity contribution in [2.24, 2.45) is 0 Å². The van der Waals surface area contributed by atoms with Crippen LogP contribution in [-0.2, 0) is 0 Å². The SMILES string of the molecule is O=[N+]([O-])c1cccnc1-c1ccc2sccc2c1.c1cnc2c(c1)[nH]c1c3ccsc3ccc21. The number of hydrogen-bond acceptors (Lipinski definition) is 6. The molecule has 0 aliphatic carbocycles. The van der Waals surface area contributed by atoms with Gasteiger partial charge in [-0.1, -0.05) is 6.07 Å². The van der Waals surface area contributed by atoms with Gasteiger partial charge in [0.05, 0.1) is 21.5 Å². The van der Waals surface area contributed by atoms with E-state index < -0.39 is 4.92 Å². The third-order valence-electron chi connectivity index (χ3n) is 5.67. The summed E-state index contributed by atoms with van der Waals surface area (Å²) in [4.78, 5) is 22.6. The Kier molecular flexibility index (Phi) is 5.01. The van der Waals surface area contributed by atoms with Crippen LogP contribution in [-0.4, -0.2) is 19.9 Å². The molecule has 5 aromatic heterocycles. The minimum atomic E-state index is -0.403. The van der Waals surface area contributed by atoms with Crippen molar-refractivity contribution in [3.63, 3.8) is 0 Å². The van der Waals surface area contributed by atoms with Crippen molar-refractivity contribution in [3.05, 3.63) is 100.0 Å². The van der Waals surface area contributed by atoms with Crippen LogP contribution in [0.1, 0.15) is 0 Å². The highest BCUT2D eigenvalue weighted by Crippen LogP contribution is 2.33. The highest BCUT2D eigenvalue weighted by molar-refractivity contribution is 7.17. The van der Waals surface area contributed by atoms with Crippen molar-refractivity contribution >= 4 is 70.5 Å². The maximum Gasteiger partial charge on any atom is 0.295 e. The summed E-state index contributed by atoms with van der Waals surface area (Å²) < 4.78 is 2.48. The first-order chi connectivity index (χ1) is 16.7. The van der Waals surface area contributed by atoms with Crippen LogP contribution in [0.4, 0.5) is 5.69 Å². The zero-order valence-electron chi connectivity index (χ0n) is 17.6. The van der Waals surface area contributed by atoms with E-state index in [2.05, 4.69) is 44.6 Å². The molecule has 164 valence electrons. The summed E-state index contributed by atoms with van der Waals surface area (Å²) in [6.45, 7) is 0. The van der Waals surface area contributed by atoms with Gasteiger partial charge in [-0.3, -0.25) is 15.1 Å². The van der Waals surface area contributed by atoms with Gasteiger partial charge in [-0.25, -0.2) is 4.98 Å². The average Bonchev–Trinajstić information content (AvgIpc) is 3.61. The molecular formula is C26H16N4O2S2. The lowest BCUT2D eigenvalue weighted by atomic mass is 10.1. The first-order valence-corrected chi connectivity index (χ1v) is 12.2. The molecule has 1 N–H and O–H groups in total. The van der Waals surface area contributed by atoms with Gasteiger partial charge in [-0.2, -0.15) is 0 Å². The molecule has 6 nitrogen and oxygen atoms in total. The van der Waals surface area contributed by atoms with Crippen LogP contribution in [0.25, 0.3) is 53.4 Å². The lowest BCUT2D eigenvalue weighted by Crippen LogP contribution is -1.93. The first-order valence-electron chi connectivity index (χ1n) is 10.5. The maximum absolute atomic E-state index is 11.0. The molecule has 7 aromatic rings. The lowest BCUT2D eigenvalue weighted by molar-refractivity contribution is -0.384. The minimum Gasteiger partial charge on any atom is -0.353 e. The number of nitrogens with zero attached hydrogens (tertiary/aromatic N) is 3. The van der Waals surface area contributed by atoms with Gasteiger partial charge in [0, 0.05) is 44.2 Å². The summed E-state index contributed by atoms with van der Waals surface area (Å²) >= 11 is 3.42. The van der Waals surface area contributed by atoms with E-state index in [1.807, 2.05) is 41.9 Å². The summed E-state index contributed by atoms with van der Waals surface area (Å²) in [5.41, 5.74) is 4.59. The van der Waals surface area contributed by atoms with Crippen LogP contribution < -0.4 is 0 Å². The van der Waals surface area contributed by atoms with Crippen molar-refractivity contribution in [2.75, 3.05) is 0 Å². The zero-order valence-corrected chi connectivity index (χ0v) is 19.3. The fraction of sp³-hybridized carbons (Fsp3) is 0. The minimum absolute atomic E-state index is 0.0343. The summed E-state index contributed by atoms with van der Waals surface area (Å²) in [5, 5.41) is 18.7. The molecule has 0 bridgehead atoms. The summed E-state index contributed by atoms with van der Waals surface area (Å²) in [6, 6.07) is 21.3. The number of thiophene rings is 2. The molecule has 0 unspecified atom stereocenters. The Balaban J connectivity index is 0.000000128. The van der Waals surface area contributed by atoms with Gasteiger partial charge < -0.3 is 4.98 Å². The van der Waals surface area contributed by atoms with E-state index in [0.717, 1.165) is 26.7 Å². The second kappa shape index (κ2) is 8.33. The van der Waals surface area contributed by atoms with E-state index in [1.165, 1.54) is 27.1 Å². The Morgan fingerprint density at radius 2 is 1.62 bits per heavy atom. The standard InChI is InChI=1S/C13H8N2O2S.C13H8N2S/c16-15(17)11-2-1-6-14-13(11)10-3-4-12-9(8-10)5-7-18-12;1-2-10-13(14-6-1)9-3-4-11-8(5-7-16-11)12(9)15-10/h1-8H;1-7,15H. The molecule has 0 fully saturated rings. The van der Waals surface area contributed by atoms with Crippen LogP contribution in [0.2, 0.25) is 0 Å². The second-order valence-electron chi connectivity index (χ2n) is 7.65. The predicted molar refractivity (Wildman–Crippen MR) is 141 cm³/mol. The average molecular weight is 481 g/mol. The maximum atomic E-state index is 11.0. The highest BCUT2D eigenvalue weighted by atomic mass is 32.1. The Hall–Kier alpha value is -4.14. The molecule has 0 aliphatic rings. The fourth-order valence-electron chi connectivity index (χ4n) is 4.11. The molecule has 34 heavy (non-hydrogen) atoms. The summed E-state index contributed by atoms with van der Waals surface area (Å²) in [6.07, 6.45) is 3.41. The van der Waals surface area contributed by atoms with Gasteiger partial charge in [0.1, 0.15) is 5.69 Å². The molecule has 0 aliphatic heterocycles. The van der Waals surface area contributed by atoms with Gasteiger partial charge in [0.15, 0.2) is 0 Å². The van der Waals surface area contributed by atoms with Crippen LogP contribution in [0.5, 0.6) is 0 Å². The normalized spacial score (nSPS) is 11.2. The molecule has 8 heteroatoms. The lowest BCUT2D eigenvalue weighted by Gasteiger charge is -2.02. The first kappa shape index (κ1) is 20.5. The molecular weight excluding hydrogens is 464 g/mol. The number of H-pyrrole nitrogens is 1. The number of aromatic amines is 1. The molecule has 0 spiro atoms. The van der Waals surface area contributed by atoms with E-state index in [0.29, 0.717) is 5.69 Å². The Labute approximate surface area is 201 Å². The topological polar surface area (TPSA) is 84.7 Å². The van der Waals surface area contributed by atoms with Gasteiger partial charge in [-0.05, 0) is 70.7 Å². The van der Waals surface area contributed by atoms with Gasteiger partial charge in [-0.15, -0.1) is 22.7 Å². The largest absolute Gasteiger partial charge is 0.353 e. The highest BCUT2D eigenvalue weighted by Gasteiger charge is 2.16. The van der Waals surface area contributed by atoms with Gasteiger partial charge in [0.2, 0.25) is 0 Å². The molecule has 5 heterocycles. The van der Waals surface area contributed by atoms with Crippen LogP contribution in [0.3, 0.4) is 0 Å². The number of rotatable bonds is 2. The van der Waals surface area contributed by atoms with Crippen molar-refractivity contribution in [1.29, 1.82) is 0 Å². The third kappa shape index (κ3) is 3.49. The second-order valence-corrected chi connectivity index (χ2v) is 9.54. The van der Waals surface area contributed by atoms with Crippen LogP contribution >= 0.6 is 22.7 Å². The van der Waals surface area contributed by atoms with Crippen molar-refractivity contribution in [2.45, 2.75) is 0 Å². The van der Waals surface area contributed by atoms with E-state index in [4.69, 9.17) is 0 Å². The fourth-order valence-corrected chi connectivity index (χ4v) is 5.68. The molecule has 0 radical (unpaired) electrons. The van der Waals surface area contributed by atoms with E-state index in [1.54, 1.807) is 34.9 Å². The van der Waals surface area contributed by atoms with Gasteiger partial charge in [0.25, 0.3) is 5.69 Å². The van der Waals surface area contributed by atoms with Crippen molar-refractivity contribution in [1.82, 2.24) is 15.0 Å². The number of fused-ring (bicyclic) bond motifs is 6. The summed E-state index contributed by atoms with van der Waals surface area (Å²) in [7, 11) is 0. The van der Waals surface area contributed by atoms with E-state index >= 15 is 0 Å². The number of nitro groups is 1. The zero-order chi connectivity index (χ0) is 23.1. The Bertz CT molecular complexity index is 1820. The quantitative estimate of drug-likeness (QED) is 0.202. The van der Waals surface area contributed by atoms with Crippen LogP contribution in [0, 0.1) is 10.1 Å². The van der Waals surface area contributed by atoms with Crippen molar-refractivity contribution < 1.29 is 4.92 Å². The smallest absolute Gasteiger partial charge is 0.295 e. The summed E-state index contributed by atoms with van der Waals surface area (Å²) in [5.74, 6) is 0. The van der Waals surface area contributed by atoms with E-state index in [-0.39, 0.29) is 5.69 Å². The molecule has 0 atom stereocenters. The Morgan fingerprint density at radius 1 is 0.824 bits per heavy atom. The molecule has 0 saturated heterocycles. The molecule has 2 aromatic carbocycles. The van der Waals surface area contributed by atoms with Crippen LogP contribution in [0.15, 0.2) is 89.9 Å². The number of nitrogens with one attached hydrogen (secondary N) is 1. The van der Waals surface area contributed by atoms with E-state index in [9.17, 15) is 10.1 Å². The molecule has 7 rings (SSSR count). The number of aromatic nitrogens is 3. The molecule has 0 amide bonds. The Morgan fingerprint density at radius 3 is 2.53 bits per heavy atom. The predicted octanol–water partition coefficient (Wildman–Crippen LogP) is 7.80. The molecule has 0 saturated carbocycles. The van der Waals surface area contributed by atoms with Gasteiger partial charge >= 0.3 is 0 Å². The number of hydrogen-bond donors (Lipinski definition) is 1. The number of pyridine rings is 2. The number of benzene rings is 2. The monoisotopic (exact) mass is 480 g/mol. The van der Waals surface area contributed by atoms with Crippen molar-refractivity contribution in [3.8, 4) is 11.3 Å².